The summed E-state index contributed by atoms with van der Waals surface area (Å²) in [4.78, 5) is 11.3. The molecule has 0 amide bonds. The van der Waals surface area contributed by atoms with Gasteiger partial charge in [0, 0.05) is 5.57 Å². The fraction of sp³-hybridized carbons (Fsp3) is 0.545. The predicted octanol–water partition coefficient (Wildman–Crippen LogP) is 2.46. The maximum atomic E-state index is 11.3. The van der Waals surface area contributed by atoms with Crippen molar-refractivity contribution >= 4 is 5.97 Å². The van der Waals surface area contributed by atoms with E-state index >= 15 is 0 Å². The summed E-state index contributed by atoms with van der Waals surface area (Å²) >= 11 is 0. The number of esters is 1. The fourth-order valence-electron chi connectivity index (χ4n) is 1.33. The van der Waals surface area contributed by atoms with Crippen LogP contribution in [-0.2, 0) is 9.53 Å². The maximum absolute atomic E-state index is 11.3. The molecule has 1 unspecified atom stereocenters. The Morgan fingerprint density at radius 3 is 2.85 bits per heavy atom. The first-order valence-electron chi connectivity index (χ1n) is 4.69. The van der Waals surface area contributed by atoms with E-state index in [1.165, 1.54) is 5.57 Å². The van der Waals surface area contributed by atoms with E-state index in [0.717, 1.165) is 12.0 Å². The van der Waals surface area contributed by atoms with Gasteiger partial charge in [-0.15, -0.1) is 0 Å². The fourth-order valence-corrected chi connectivity index (χ4v) is 1.33. The summed E-state index contributed by atoms with van der Waals surface area (Å²) in [6, 6.07) is 0. The minimum atomic E-state index is -0.168. The van der Waals surface area contributed by atoms with Crippen LogP contribution in [0.1, 0.15) is 27.2 Å². The predicted molar refractivity (Wildman–Crippen MR) is 52.3 cm³/mol. The van der Waals surface area contributed by atoms with Crippen LogP contribution in [0.5, 0.6) is 0 Å². The highest BCUT2D eigenvalue weighted by atomic mass is 16.5. The lowest BCUT2D eigenvalue weighted by atomic mass is 9.89. The van der Waals surface area contributed by atoms with Crippen molar-refractivity contribution in [1.82, 2.24) is 0 Å². The molecule has 1 rings (SSSR count). The normalized spacial score (nSPS) is 21.9. The lowest BCUT2D eigenvalue weighted by Crippen LogP contribution is -2.13. The highest BCUT2D eigenvalue weighted by Crippen LogP contribution is 2.24. The molecule has 0 saturated carbocycles. The number of carbonyl (C=O) groups excluding carboxylic acids is 1. The third-order valence-corrected chi connectivity index (χ3v) is 2.39. The average molecular weight is 180 g/mol. The molecule has 1 aliphatic rings. The highest BCUT2D eigenvalue weighted by molar-refractivity contribution is 5.89. The SMILES string of the molecule is CCOC(=O)C1=CC=C(C)C(C)C1. The second kappa shape index (κ2) is 4.26. The number of rotatable bonds is 2. The van der Waals surface area contributed by atoms with E-state index in [0.29, 0.717) is 12.5 Å². The van der Waals surface area contributed by atoms with Crippen molar-refractivity contribution in [3.8, 4) is 0 Å². The van der Waals surface area contributed by atoms with Crippen LogP contribution < -0.4 is 0 Å². The smallest absolute Gasteiger partial charge is 0.334 e. The van der Waals surface area contributed by atoms with Crippen LogP contribution in [0.2, 0.25) is 0 Å². The van der Waals surface area contributed by atoms with Gasteiger partial charge in [0.15, 0.2) is 0 Å². The Morgan fingerprint density at radius 2 is 2.31 bits per heavy atom. The first-order chi connectivity index (χ1) is 6.15. The van der Waals surface area contributed by atoms with Crippen molar-refractivity contribution in [3.05, 3.63) is 23.3 Å². The van der Waals surface area contributed by atoms with E-state index in [-0.39, 0.29) is 5.97 Å². The lowest BCUT2D eigenvalue weighted by Gasteiger charge is -2.17. The molecule has 1 aliphatic carbocycles. The van der Waals surface area contributed by atoms with Crippen molar-refractivity contribution in [2.75, 3.05) is 6.61 Å². The summed E-state index contributed by atoms with van der Waals surface area (Å²) in [6.07, 6.45) is 4.68. The molecule has 0 spiro atoms. The number of ether oxygens (including phenoxy) is 1. The second-order valence-electron chi connectivity index (χ2n) is 3.43. The molecule has 0 saturated heterocycles. The van der Waals surface area contributed by atoms with E-state index < -0.39 is 0 Å². The van der Waals surface area contributed by atoms with Crippen LogP contribution in [0.15, 0.2) is 23.3 Å². The number of hydrogen-bond acceptors (Lipinski definition) is 2. The Kier molecular flexibility index (Phi) is 3.29. The molecule has 2 nitrogen and oxygen atoms in total. The molecule has 0 aromatic rings. The molecular weight excluding hydrogens is 164 g/mol. The van der Waals surface area contributed by atoms with Crippen LogP contribution in [0.3, 0.4) is 0 Å². The third-order valence-electron chi connectivity index (χ3n) is 2.39. The molecule has 13 heavy (non-hydrogen) atoms. The standard InChI is InChI=1S/C11H16O2/c1-4-13-11(12)10-6-5-8(2)9(3)7-10/h5-6,9H,4,7H2,1-3H3. The van der Waals surface area contributed by atoms with Crippen LogP contribution in [0, 0.1) is 5.92 Å². The third kappa shape index (κ3) is 2.44. The molecule has 0 heterocycles. The summed E-state index contributed by atoms with van der Waals surface area (Å²) in [6.45, 7) is 6.49. The molecule has 72 valence electrons. The van der Waals surface area contributed by atoms with Gasteiger partial charge in [-0.3, -0.25) is 0 Å². The van der Waals surface area contributed by atoms with Crippen molar-refractivity contribution in [2.45, 2.75) is 27.2 Å². The molecule has 0 radical (unpaired) electrons. The van der Waals surface area contributed by atoms with E-state index in [1.54, 1.807) is 0 Å². The number of carbonyl (C=O) groups is 1. The Labute approximate surface area is 79.3 Å². The van der Waals surface area contributed by atoms with Gasteiger partial charge in [-0.2, -0.15) is 0 Å². The summed E-state index contributed by atoms with van der Waals surface area (Å²) in [7, 11) is 0. The minimum absolute atomic E-state index is 0.168. The first-order valence-corrected chi connectivity index (χ1v) is 4.69. The second-order valence-corrected chi connectivity index (χ2v) is 3.43. The maximum Gasteiger partial charge on any atom is 0.334 e. The molecule has 0 fully saturated rings. The molecular formula is C11H16O2. The molecule has 1 atom stereocenters. The zero-order valence-electron chi connectivity index (χ0n) is 8.46. The van der Waals surface area contributed by atoms with E-state index in [9.17, 15) is 4.79 Å². The first kappa shape index (κ1) is 10.0. The van der Waals surface area contributed by atoms with E-state index in [4.69, 9.17) is 4.74 Å². The summed E-state index contributed by atoms with van der Waals surface area (Å²) in [5.41, 5.74) is 2.12. The van der Waals surface area contributed by atoms with Crippen LogP contribution >= 0.6 is 0 Å². The van der Waals surface area contributed by atoms with Crippen LogP contribution in [0.4, 0.5) is 0 Å². The van der Waals surface area contributed by atoms with Gasteiger partial charge >= 0.3 is 5.97 Å². The van der Waals surface area contributed by atoms with E-state index in [1.807, 2.05) is 19.1 Å². The van der Waals surface area contributed by atoms with Gasteiger partial charge < -0.3 is 4.74 Å². The van der Waals surface area contributed by atoms with Gasteiger partial charge in [0.25, 0.3) is 0 Å². The van der Waals surface area contributed by atoms with Crippen LogP contribution in [0.25, 0.3) is 0 Å². The topological polar surface area (TPSA) is 26.3 Å². The van der Waals surface area contributed by atoms with Gasteiger partial charge in [-0.1, -0.05) is 24.6 Å². The van der Waals surface area contributed by atoms with Gasteiger partial charge in [0.2, 0.25) is 0 Å². The number of hydrogen-bond donors (Lipinski definition) is 0. The minimum Gasteiger partial charge on any atom is -0.463 e. The summed E-state index contributed by atoms with van der Waals surface area (Å²) < 4.78 is 4.93. The Bertz CT molecular complexity index is 261. The Hall–Kier alpha value is -1.05. The van der Waals surface area contributed by atoms with E-state index in [2.05, 4.69) is 13.8 Å². The largest absolute Gasteiger partial charge is 0.463 e. The Morgan fingerprint density at radius 1 is 1.62 bits per heavy atom. The van der Waals surface area contributed by atoms with Crippen LogP contribution in [-0.4, -0.2) is 12.6 Å². The average Bonchev–Trinajstić information content (AvgIpc) is 2.10. The zero-order chi connectivity index (χ0) is 9.84. The quantitative estimate of drug-likeness (QED) is 0.610. The zero-order valence-corrected chi connectivity index (χ0v) is 8.46. The lowest BCUT2D eigenvalue weighted by molar-refractivity contribution is -0.138. The highest BCUT2D eigenvalue weighted by Gasteiger charge is 2.17. The van der Waals surface area contributed by atoms with Gasteiger partial charge in [0.1, 0.15) is 0 Å². The molecule has 0 aromatic carbocycles. The Balaban J connectivity index is 2.68. The van der Waals surface area contributed by atoms with Crippen molar-refractivity contribution in [3.63, 3.8) is 0 Å². The van der Waals surface area contributed by atoms with Crippen molar-refractivity contribution < 1.29 is 9.53 Å². The molecule has 0 aromatic heterocycles. The molecule has 2 heteroatoms. The molecule has 0 bridgehead atoms. The molecule has 0 N–H and O–H groups in total. The monoisotopic (exact) mass is 180 g/mol. The van der Waals surface area contributed by atoms with Gasteiger partial charge in [0.05, 0.1) is 6.61 Å². The van der Waals surface area contributed by atoms with Gasteiger partial charge in [-0.05, 0) is 26.2 Å². The van der Waals surface area contributed by atoms with Gasteiger partial charge in [-0.25, -0.2) is 4.79 Å². The summed E-state index contributed by atoms with van der Waals surface area (Å²) in [5.74, 6) is 0.294. The molecule has 0 aliphatic heterocycles. The van der Waals surface area contributed by atoms with Crippen molar-refractivity contribution in [2.24, 2.45) is 5.92 Å². The number of allylic oxidation sites excluding steroid dienone is 3. The summed E-state index contributed by atoms with van der Waals surface area (Å²) in [5, 5.41) is 0. The van der Waals surface area contributed by atoms with Crippen molar-refractivity contribution in [1.29, 1.82) is 0 Å².